The highest BCUT2D eigenvalue weighted by atomic mass is 16.3. The maximum atomic E-state index is 6.42. The monoisotopic (exact) mass is 677 g/mol. The normalized spacial score (nSPS) is 11.4. The number of furan rings is 1. The molecule has 0 radical (unpaired) electrons. The first kappa shape index (κ1) is 30.6. The van der Waals surface area contributed by atoms with Crippen molar-refractivity contribution in [2.45, 2.75) is 0 Å². The van der Waals surface area contributed by atoms with E-state index in [1.165, 1.54) is 21.9 Å². The third-order valence-corrected chi connectivity index (χ3v) is 9.96. The third kappa shape index (κ3) is 5.63. The smallest absolute Gasteiger partial charge is 0.165 e. The molecule has 0 saturated carbocycles. The van der Waals surface area contributed by atoms with Gasteiger partial charge in [-0.1, -0.05) is 164 Å². The van der Waals surface area contributed by atoms with Gasteiger partial charge in [0, 0.05) is 27.5 Å². The van der Waals surface area contributed by atoms with Gasteiger partial charge in [0.05, 0.1) is 0 Å². The Kier molecular flexibility index (Phi) is 7.43. The summed E-state index contributed by atoms with van der Waals surface area (Å²) in [6.07, 6.45) is 0. The van der Waals surface area contributed by atoms with Crippen LogP contribution in [-0.2, 0) is 0 Å². The summed E-state index contributed by atoms with van der Waals surface area (Å²) in [7, 11) is 0. The van der Waals surface area contributed by atoms with Crippen LogP contribution in [0.15, 0.2) is 192 Å². The van der Waals surface area contributed by atoms with Gasteiger partial charge in [-0.3, -0.25) is 0 Å². The van der Waals surface area contributed by atoms with Gasteiger partial charge in [0.1, 0.15) is 11.2 Å². The first-order valence-corrected chi connectivity index (χ1v) is 17.8. The van der Waals surface area contributed by atoms with E-state index in [2.05, 4.69) is 140 Å². The summed E-state index contributed by atoms with van der Waals surface area (Å²) >= 11 is 0. The molecule has 2 heterocycles. The minimum atomic E-state index is 0.592. The van der Waals surface area contributed by atoms with Crippen molar-refractivity contribution in [1.82, 2.24) is 15.0 Å². The van der Waals surface area contributed by atoms with Crippen molar-refractivity contribution in [3.8, 4) is 67.5 Å². The summed E-state index contributed by atoms with van der Waals surface area (Å²) < 4.78 is 6.42. The molecule has 0 fully saturated rings. The quantitative estimate of drug-likeness (QED) is 0.176. The summed E-state index contributed by atoms with van der Waals surface area (Å²) in [4.78, 5) is 15.6. The zero-order valence-electron chi connectivity index (χ0n) is 28.6. The molecule has 10 aromatic rings. The minimum Gasteiger partial charge on any atom is -0.456 e. The van der Waals surface area contributed by atoms with E-state index in [1.807, 2.05) is 48.5 Å². The van der Waals surface area contributed by atoms with Crippen molar-refractivity contribution in [3.05, 3.63) is 188 Å². The molecule has 248 valence electrons. The third-order valence-electron chi connectivity index (χ3n) is 9.96. The lowest BCUT2D eigenvalue weighted by Gasteiger charge is -2.14. The maximum absolute atomic E-state index is 6.42. The SMILES string of the molecule is c1ccc(-c2ccc(-c3ccc(-c4nc(-c5ccccc5)nc(-c5c(-c6ccc7ccccc7c6)ccc6oc7ccccc7c56)n4)cc3)cc2)cc1. The zero-order valence-corrected chi connectivity index (χ0v) is 28.6. The van der Waals surface area contributed by atoms with Crippen molar-refractivity contribution < 1.29 is 4.42 Å². The Bertz CT molecular complexity index is 2910. The molecule has 0 aliphatic rings. The number of para-hydroxylation sites is 1. The molecule has 0 aliphatic carbocycles. The topological polar surface area (TPSA) is 51.8 Å². The van der Waals surface area contributed by atoms with E-state index in [0.717, 1.165) is 60.9 Å². The van der Waals surface area contributed by atoms with Crippen LogP contribution in [0.25, 0.3) is 100 Å². The lowest BCUT2D eigenvalue weighted by Crippen LogP contribution is -2.01. The molecule has 0 bridgehead atoms. The maximum Gasteiger partial charge on any atom is 0.165 e. The lowest BCUT2D eigenvalue weighted by atomic mass is 9.93. The van der Waals surface area contributed by atoms with Crippen LogP contribution in [0.5, 0.6) is 0 Å². The summed E-state index contributed by atoms with van der Waals surface area (Å²) in [5.74, 6) is 1.81. The summed E-state index contributed by atoms with van der Waals surface area (Å²) in [6.45, 7) is 0. The van der Waals surface area contributed by atoms with Gasteiger partial charge in [0.15, 0.2) is 17.5 Å². The molecule has 2 aromatic heterocycles. The fourth-order valence-corrected chi connectivity index (χ4v) is 7.28. The molecule has 4 nitrogen and oxygen atoms in total. The highest BCUT2D eigenvalue weighted by molar-refractivity contribution is 6.15. The molecule has 8 aromatic carbocycles. The molecule has 4 heteroatoms. The van der Waals surface area contributed by atoms with Crippen LogP contribution < -0.4 is 0 Å². The largest absolute Gasteiger partial charge is 0.456 e. The van der Waals surface area contributed by atoms with Crippen molar-refractivity contribution in [2.24, 2.45) is 0 Å². The average molecular weight is 678 g/mol. The van der Waals surface area contributed by atoms with Crippen molar-refractivity contribution in [1.29, 1.82) is 0 Å². The van der Waals surface area contributed by atoms with Gasteiger partial charge in [-0.25, -0.2) is 15.0 Å². The standard InChI is InChI=1S/C49H31N3O/c1-3-11-32(12-4-1)34-19-21-35(22-20-34)36-23-26-38(27-24-36)48-50-47(37-14-5-2-6-15-37)51-49(52-48)46-41(40-28-25-33-13-7-8-16-39(33)31-40)29-30-44-45(46)42-17-9-10-18-43(42)53-44/h1-31H. The van der Waals surface area contributed by atoms with Gasteiger partial charge >= 0.3 is 0 Å². The van der Waals surface area contributed by atoms with Crippen LogP contribution in [0.4, 0.5) is 0 Å². The Balaban J connectivity index is 1.15. The number of fused-ring (bicyclic) bond motifs is 4. The summed E-state index contributed by atoms with van der Waals surface area (Å²) in [5, 5.41) is 4.36. The predicted molar refractivity (Wildman–Crippen MR) is 217 cm³/mol. The summed E-state index contributed by atoms with van der Waals surface area (Å²) in [6, 6.07) is 65.2. The van der Waals surface area contributed by atoms with E-state index in [1.54, 1.807) is 0 Å². The van der Waals surface area contributed by atoms with Gasteiger partial charge in [-0.05, 0) is 68.4 Å². The molecule has 0 atom stereocenters. The molecule has 0 spiro atoms. The van der Waals surface area contributed by atoms with E-state index in [9.17, 15) is 0 Å². The van der Waals surface area contributed by atoms with Gasteiger partial charge in [-0.15, -0.1) is 0 Å². The second-order valence-corrected chi connectivity index (χ2v) is 13.2. The van der Waals surface area contributed by atoms with Gasteiger partial charge in [0.2, 0.25) is 0 Å². The Morgan fingerprint density at radius 1 is 0.321 bits per heavy atom. The van der Waals surface area contributed by atoms with Crippen LogP contribution in [0.1, 0.15) is 0 Å². The number of hydrogen-bond acceptors (Lipinski definition) is 4. The van der Waals surface area contributed by atoms with E-state index in [-0.39, 0.29) is 0 Å². The number of aromatic nitrogens is 3. The zero-order chi connectivity index (χ0) is 35.1. The Morgan fingerprint density at radius 3 is 1.49 bits per heavy atom. The summed E-state index contributed by atoms with van der Waals surface area (Å²) in [5.41, 5.74) is 11.1. The van der Waals surface area contributed by atoms with Crippen LogP contribution in [-0.4, -0.2) is 15.0 Å². The average Bonchev–Trinajstić information content (AvgIpc) is 3.63. The fraction of sp³-hybridized carbons (Fsp3) is 0. The fourth-order valence-electron chi connectivity index (χ4n) is 7.28. The van der Waals surface area contributed by atoms with Crippen molar-refractivity contribution >= 4 is 32.7 Å². The highest BCUT2D eigenvalue weighted by Crippen LogP contribution is 2.43. The van der Waals surface area contributed by atoms with Gasteiger partial charge < -0.3 is 4.42 Å². The molecule has 0 N–H and O–H groups in total. The number of benzene rings is 8. The number of rotatable bonds is 6. The second-order valence-electron chi connectivity index (χ2n) is 13.2. The number of nitrogens with zero attached hydrogens (tertiary/aromatic N) is 3. The highest BCUT2D eigenvalue weighted by Gasteiger charge is 2.22. The second kappa shape index (κ2) is 12.9. The molecule has 0 unspecified atom stereocenters. The van der Waals surface area contributed by atoms with E-state index >= 15 is 0 Å². The minimum absolute atomic E-state index is 0.592. The van der Waals surface area contributed by atoms with Crippen LogP contribution in [0, 0.1) is 0 Å². The van der Waals surface area contributed by atoms with E-state index in [0.29, 0.717) is 17.5 Å². The molecule has 0 aliphatic heterocycles. The van der Waals surface area contributed by atoms with Crippen molar-refractivity contribution in [2.75, 3.05) is 0 Å². The molecule has 53 heavy (non-hydrogen) atoms. The van der Waals surface area contributed by atoms with Crippen LogP contribution >= 0.6 is 0 Å². The molecule has 10 rings (SSSR count). The first-order valence-electron chi connectivity index (χ1n) is 17.8. The molecule has 0 saturated heterocycles. The Morgan fingerprint density at radius 2 is 0.811 bits per heavy atom. The van der Waals surface area contributed by atoms with Crippen molar-refractivity contribution in [3.63, 3.8) is 0 Å². The lowest BCUT2D eigenvalue weighted by molar-refractivity contribution is 0.669. The van der Waals surface area contributed by atoms with E-state index < -0.39 is 0 Å². The van der Waals surface area contributed by atoms with Gasteiger partial charge in [-0.2, -0.15) is 0 Å². The van der Waals surface area contributed by atoms with Crippen LogP contribution in [0.3, 0.4) is 0 Å². The first-order chi connectivity index (χ1) is 26.2. The molecule has 0 amide bonds. The molecular formula is C49H31N3O. The van der Waals surface area contributed by atoms with Gasteiger partial charge in [0.25, 0.3) is 0 Å². The molecular weight excluding hydrogens is 647 g/mol. The number of hydrogen-bond donors (Lipinski definition) is 0. The Hall–Kier alpha value is -7.17. The predicted octanol–water partition coefficient (Wildman–Crippen LogP) is 12.9. The Labute approximate surface area is 306 Å². The van der Waals surface area contributed by atoms with Crippen LogP contribution in [0.2, 0.25) is 0 Å². The van der Waals surface area contributed by atoms with E-state index in [4.69, 9.17) is 19.4 Å².